The first-order valence-corrected chi connectivity index (χ1v) is 9.94. The van der Waals surface area contributed by atoms with Crippen molar-refractivity contribution >= 4 is 11.7 Å². The number of anilines is 1. The van der Waals surface area contributed by atoms with E-state index in [2.05, 4.69) is 15.5 Å². The monoisotopic (exact) mass is 386 g/mol. The van der Waals surface area contributed by atoms with Gasteiger partial charge in [0.1, 0.15) is 12.4 Å². The molecule has 8 heteroatoms. The molecule has 0 radical (unpaired) electrons. The van der Waals surface area contributed by atoms with Crippen LogP contribution in [0.4, 0.5) is 10.5 Å². The predicted molar refractivity (Wildman–Crippen MR) is 102 cm³/mol. The molecular formula is C20H26N4O4. The highest BCUT2D eigenvalue weighted by Gasteiger charge is 2.29. The Bertz CT molecular complexity index is 797. The van der Waals surface area contributed by atoms with E-state index < -0.39 is 0 Å². The Morgan fingerprint density at radius 2 is 2.04 bits per heavy atom. The topological polar surface area (TPSA) is 89.7 Å². The molecule has 4 rings (SSSR count). The number of rotatable bonds is 7. The van der Waals surface area contributed by atoms with Crippen LogP contribution >= 0.6 is 0 Å². The lowest BCUT2D eigenvalue weighted by Gasteiger charge is -2.31. The van der Waals surface area contributed by atoms with E-state index in [9.17, 15) is 4.79 Å². The van der Waals surface area contributed by atoms with Crippen molar-refractivity contribution in [3.63, 3.8) is 0 Å². The fraction of sp³-hybridized carbons (Fsp3) is 0.550. The minimum Gasteiger partial charge on any atom is -0.492 e. The summed E-state index contributed by atoms with van der Waals surface area (Å²) >= 11 is 0. The van der Waals surface area contributed by atoms with Crippen LogP contribution in [0.1, 0.15) is 50.2 Å². The number of carbonyl (C=O) groups is 1. The molecule has 2 fully saturated rings. The molecule has 0 spiro atoms. The lowest BCUT2D eigenvalue weighted by atomic mass is 10.1. The van der Waals surface area contributed by atoms with Crippen LogP contribution in [0.2, 0.25) is 0 Å². The molecule has 2 amide bonds. The molecule has 2 heterocycles. The molecule has 150 valence electrons. The summed E-state index contributed by atoms with van der Waals surface area (Å²) in [5.41, 5.74) is 0.690. The molecule has 1 aliphatic carbocycles. The van der Waals surface area contributed by atoms with Crippen LogP contribution in [-0.4, -0.2) is 46.9 Å². The van der Waals surface area contributed by atoms with E-state index in [4.69, 9.17) is 14.0 Å². The zero-order valence-electron chi connectivity index (χ0n) is 16.1. The Morgan fingerprint density at radius 3 is 2.79 bits per heavy atom. The summed E-state index contributed by atoms with van der Waals surface area (Å²) in [7, 11) is 0. The number of hydrogen-bond donors (Lipinski definition) is 1. The number of carbonyl (C=O) groups excluding carboxylic acids is 1. The molecule has 8 nitrogen and oxygen atoms in total. The van der Waals surface area contributed by atoms with Crippen molar-refractivity contribution in [2.24, 2.45) is 0 Å². The quantitative estimate of drug-likeness (QED) is 0.783. The number of urea groups is 1. The third kappa shape index (κ3) is 4.62. The molecule has 1 N–H and O–H groups in total. The average Bonchev–Trinajstić information content (AvgIpc) is 3.46. The third-order valence-electron chi connectivity index (χ3n) is 5.03. The van der Waals surface area contributed by atoms with Gasteiger partial charge in [-0.1, -0.05) is 17.3 Å². The maximum absolute atomic E-state index is 12.6. The second-order valence-electron chi connectivity index (χ2n) is 7.18. The largest absolute Gasteiger partial charge is 0.492 e. The highest BCUT2D eigenvalue weighted by Crippen LogP contribution is 2.38. The van der Waals surface area contributed by atoms with Gasteiger partial charge in [0.05, 0.1) is 18.4 Å². The van der Waals surface area contributed by atoms with E-state index in [0.717, 1.165) is 31.5 Å². The summed E-state index contributed by atoms with van der Waals surface area (Å²) in [5.74, 6) is 2.50. The van der Waals surface area contributed by atoms with E-state index in [1.54, 1.807) is 4.90 Å². The smallest absolute Gasteiger partial charge is 0.321 e. The number of aromatic nitrogens is 2. The van der Waals surface area contributed by atoms with E-state index >= 15 is 0 Å². The number of likely N-dealkylation sites (tertiary alicyclic amines) is 1. The van der Waals surface area contributed by atoms with Gasteiger partial charge in [-0.05, 0) is 44.7 Å². The Kier molecular flexibility index (Phi) is 5.76. The van der Waals surface area contributed by atoms with E-state index in [0.29, 0.717) is 49.5 Å². The van der Waals surface area contributed by atoms with Gasteiger partial charge < -0.3 is 24.2 Å². The maximum atomic E-state index is 12.6. The van der Waals surface area contributed by atoms with E-state index in [1.165, 1.54) is 0 Å². The number of amides is 2. The number of hydrogen-bond acceptors (Lipinski definition) is 6. The van der Waals surface area contributed by atoms with Crippen molar-refractivity contribution in [2.75, 3.05) is 25.0 Å². The molecule has 2 aromatic rings. The zero-order valence-corrected chi connectivity index (χ0v) is 16.1. The van der Waals surface area contributed by atoms with Crippen LogP contribution in [0, 0.1) is 0 Å². The molecule has 1 saturated carbocycles. The van der Waals surface area contributed by atoms with E-state index in [-0.39, 0.29) is 12.1 Å². The lowest BCUT2D eigenvalue weighted by Crippen LogP contribution is -2.43. The maximum Gasteiger partial charge on any atom is 0.321 e. The molecular weight excluding hydrogens is 360 g/mol. The predicted octanol–water partition coefficient (Wildman–Crippen LogP) is 3.56. The minimum atomic E-state index is -0.114. The van der Waals surface area contributed by atoms with Gasteiger partial charge >= 0.3 is 6.03 Å². The number of nitrogens with one attached hydrogen (secondary N) is 1. The summed E-state index contributed by atoms with van der Waals surface area (Å²) in [6, 6.07) is 7.35. The Balaban J connectivity index is 1.22. The Morgan fingerprint density at radius 1 is 1.25 bits per heavy atom. The third-order valence-corrected chi connectivity index (χ3v) is 5.03. The van der Waals surface area contributed by atoms with Crippen LogP contribution in [0.15, 0.2) is 28.8 Å². The standard InChI is InChI=1S/C20H26N4O4/c1-2-26-17-6-4-3-5-16(17)21-20(25)24-11-9-15(10-12-24)27-13-18-22-19(23-28-18)14-7-8-14/h3-6,14-15H,2,7-13H2,1H3,(H,21,25). The van der Waals surface area contributed by atoms with E-state index in [1.807, 2.05) is 31.2 Å². The van der Waals surface area contributed by atoms with Crippen molar-refractivity contribution in [1.82, 2.24) is 15.0 Å². The molecule has 1 saturated heterocycles. The highest BCUT2D eigenvalue weighted by molar-refractivity contribution is 5.91. The second-order valence-corrected chi connectivity index (χ2v) is 7.18. The van der Waals surface area contributed by atoms with Crippen LogP contribution in [0.5, 0.6) is 5.75 Å². The SMILES string of the molecule is CCOc1ccccc1NC(=O)N1CCC(OCc2nc(C3CC3)no2)CC1. The first-order chi connectivity index (χ1) is 13.7. The van der Waals surface area contributed by atoms with Crippen molar-refractivity contribution in [2.45, 2.75) is 51.2 Å². The molecule has 28 heavy (non-hydrogen) atoms. The summed E-state index contributed by atoms with van der Waals surface area (Å²) in [6.45, 7) is 4.09. The number of para-hydroxylation sites is 2. The molecule has 0 unspecified atom stereocenters. The molecule has 0 bridgehead atoms. The van der Waals surface area contributed by atoms with Crippen LogP contribution in [0.25, 0.3) is 0 Å². The Labute approximate surface area is 164 Å². The van der Waals surface area contributed by atoms with Crippen molar-refractivity contribution in [3.8, 4) is 5.75 Å². The van der Waals surface area contributed by atoms with Gasteiger partial charge in [-0.2, -0.15) is 4.98 Å². The average molecular weight is 386 g/mol. The zero-order chi connectivity index (χ0) is 19.3. The number of nitrogens with zero attached hydrogens (tertiary/aromatic N) is 3. The van der Waals surface area contributed by atoms with Gasteiger partial charge in [0.15, 0.2) is 5.82 Å². The van der Waals surface area contributed by atoms with Gasteiger partial charge in [0, 0.05) is 19.0 Å². The summed E-state index contributed by atoms with van der Waals surface area (Å²) in [4.78, 5) is 18.8. The normalized spacial score (nSPS) is 17.5. The van der Waals surface area contributed by atoms with Gasteiger partial charge in [-0.25, -0.2) is 4.79 Å². The number of ether oxygens (including phenoxy) is 2. The van der Waals surface area contributed by atoms with Gasteiger partial charge in [-0.3, -0.25) is 0 Å². The number of piperidine rings is 1. The summed E-state index contributed by atoms with van der Waals surface area (Å²) < 4.78 is 16.7. The first kappa shape index (κ1) is 18.7. The second kappa shape index (κ2) is 8.60. The molecule has 1 aromatic carbocycles. The molecule has 2 aliphatic rings. The van der Waals surface area contributed by atoms with Crippen LogP contribution < -0.4 is 10.1 Å². The van der Waals surface area contributed by atoms with Crippen molar-refractivity contribution < 1.29 is 18.8 Å². The first-order valence-electron chi connectivity index (χ1n) is 9.94. The van der Waals surface area contributed by atoms with Gasteiger partial charge in [0.2, 0.25) is 0 Å². The lowest BCUT2D eigenvalue weighted by molar-refractivity contribution is -0.00532. The van der Waals surface area contributed by atoms with Gasteiger partial charge in [-0.15, -0.1) is 0 Å². The Hall–Kier alpha value is -2.61. The van der Waals surface area contributed by atoms with Gasteiger partial charge in [0.25, 0.3) is 5.89 Å². The fourth-order valence-electron chi connectivity index (χ4n) is 3.29. The van der Waals surface area contributed by atoms with Crippen LogP contribution in [0.3, 0.4) is 0 Å². The van der Waals surface area contributed by atoms with Crippen molar-refractivity contribution in [3.05, 3.63) is 36.0 Å². The fourth-order valence-corrected chi connectivity index (χ4v) is 3.29. The summed E-state index contributed by atoms with van der Waals surface area (Å²) in [6.07, 6.45) is 3.95. The molecule has 1 aliphatic heterocycles. The number of benzene rings is 1. The van der Waals surface area contributed by atoms with Crippen molar-refractivity contribution in [1.29, 1.82) is 0 Å². The highest BCUT2D eigenvalue weighted by atomic mass is 16.5. The van der Waals surface area contributed by atoms with Crippen LogP contribution in [-0.2, 0) is 11.3 Å². The summed E-state index contributed by atoms with van der Waals surface area (Å²) in [5, 5.41) is 6.94. The molecule has 1 aromatic heterocycles. The molecule has 0 atom stereocenters. The minimum absolute atomic E-state index is 0.0936.